The molecule has 7 nitrogen and oxygen atoms in total. The maximum absolute atomic E-state index is 12.2. The number of rotatable bonds is 4. The molecule has 0 atom stereocenters. The number of anilines is 1. The van der Waals surface area contributed by atoms with Gasteiger partial charge in [0.15, 0.2) is 11.5 Å². The van der Waals surface area contributed by atoms with Crippen LogP contribution < -0.4 is 5.48 Å². The third-order valence-electron chi connectivity index (χ3n) is 3.87. The fraction of sp³-hybridized carbons (Fsp3) is 0. The minimum atomic E-state index is -0.522. The number of carbonyl (C=O) groups is 1. The van der Waals surface area contributed by atoms with Crippen molar-refractivity contribution in [2.75, 3.05) is 5.48 Å². The molecule has 2 N–H and O–H groups in total. The van der Waals surface area contributed by atoms with Gasteiger partial charge in [-0.15, -0.1) is 0 Å². The summed E-state index contributed by atoms with van der Waals surface area (Å²) in [6, 6.07) is 20.2. The molecule has 0 bridgehead atoms. The Labute approximate surface area is 148 Å². The highest BCUT2D eigenvalue weighted by molar-refractivity contribution is 5.90. The molecular weight excluding hydrogens is 330 g/mol. The van der Waals surface area contributed by atoms with Gasteiger partial charge in [-0.1, -0.05) is 48.5 Å². The van der Waals surface area contributed by atoms with Crippen LogP contribution in [0.1, 0.15) is 15.9 Å². The molecule has 26 heavy (non-hydrogen) atoms. The molecular formula is C19H13N5O2. The van der Waals surface area contributed by atoms with Gasteiger partial charge in [0.1, 0.15) is 17.3 Å². The molecule has 7 heteroatoms. The molecule has 4 rings (SSSR count). The zero-order valence-electron chi connectivity index (χ0n) is 13.5. The Morgan fingerprint density at radius 2 is 1.81 bits per heavy atom. The highest BCUT2D eigenvalue weighted by atomic mass is 16.7. The predicted octanol–water partition coefficient (Wildman–Crippen LogP) is 3.38. The topological polar surface area (TPSA) is 95.2 Å². The van der Waals surface area contributed by atoms with Crippen LogP contribution in [0.5, 0.6) is 0 Å². The predicted molar refractivity (Wildman–Crippen MR) is 95.2 cm³/mol. The Morgan fingerprint density at radius 1 is 1.12 bits per heavy atom. The molecule has 0 amide bonds. The second-order valence-electron chi connectivity index (χ2n) is 5.49. The molecule has 0 aliphatic rings. The minimum absolute atomic E-state index is 0.393. The smallest absolute Gasteiger partial charge is 0.336 e. The SMILES string of the molecule is N#Cc1c[nH]n2c(NOC(=O)c3ccccc3)c(-c3ccccc3)nc12. The Bertz CT molecular complexity index is 1110. The van der Waals surface area contributed by atoms with Crippen LogP contribution in [0.3, 0.4) is 0 Å². The molecule has 0 spiro atoms. The van der Waals surface area contributed by atoms with E-state index in [4.69, 9.17) is 4.84 Å². The molecule has 0 radical (unpaired) electrons. The van der Waals surface area contributed by atoms with Crippen LogP contribution in [0.4, 0.5) is 5.82 Å². The van der Waals surface area contributed by atoms with Crippen LogP contribution in [-0.2, 0) is 4.84 Å². The van der Waals surface area contributed by atoms with E-state index in [9.17, 15) is 10.1 Å². The third kappa shape index (κ3) is 2.65. The minimum Gasteiger partial charge on any atom is -0.336 e. The maximum Gasteiger partial charge on any atom is 0.362 e. The summed E-state index contributed by atoms with van der Waals surface area (Å²) < 4.78 is 1.57. The van der Waals surface area contributed by atoms with E-state index in [0.29, 0.717) is 28.3 Å². The summed E-state index contributed by atoms with van der Waals surface area (Å²) in [6.07, 6.45) is 1.54. The molecule has 2 heterocycles. The number of nitriles is 1. The molecule has 4 aromatic rings. The van der Waals surface area contributed by atoms with Gasteiger partial charge in [-0.2, -0.15) is 10.7 Å². The average molecular weight is 343 g/mol. The fourth-order valence-electron chi connectivity index (χ4n) is 2.62. The van der Waals surface area contributed by atoms with Crippen molar-refractivity contribution < 1.29 is 9.63 Å². The number of carbonyl (C=O) groups excluding carboxylic acids is 1. The number of hydrogen-bond donors (Lipinski definition) is 2. The van der Waals surface area contributed by atoms with Gasteiger partial charge in [-0.3, -0.25) is 5.10 Å². The number of hydrogen-bond acceptors (Lipinski definition) is 5. The molecule has 126 valence electrons. The summed E-state index contributed by atoms with van der Waals surface area (Å²) in [5, 5.41) is 12.2. The molecule has 0 unspecified atom stereocenters. The van der Waals surface area contributed by atoms with Crippen LogP contribution in [0, 0.1) is 11.3 Å². The number of imidazole rings is 1. The molecule has 2 aromatic heterocycles. The van der Waals surface area contributed by atoms with Crippen molar-refractivity contribution in [1.29, 1.82) is 5.26 Å². The lowest BCUT2D eigenvalue weighted by atomic mass is 10.1. The Kier molecular flexibility index (Phi) is 3.84. The first-order valence-electron chi connectivity index (χ1n) is 7.85. The molecule has 2 aromatic carbocycles. The third-order valence-corrected chi connectivity index (χ3v) is 3.87. The van der Waals surface area contributed by atoms with Gasteiger partial charge < -0.3 is 4.84 Å². The average Bonchev–Trinajstić information content (AvgIpc) is 3.26. The summed E-state index contributed by atoms with van der Waals surface area (Å²) in [4.78, 5) is 22.0. The van der Waals surface area contributed by atoms with Crippen molar-refractivity contribution in [3.8, 4) is 17.3 Å². The zero-order chi connectivity index (χ0) is 17.9. The molecule has 0 aliphatic carbocycles. The van der Waals surface area contributed by atoms with E-state index < -0.39 is 5.97 Å². The van der Waals surface area contributed by atoms with Gasteiger partial charge in [0.25, 0.3) is 0 Å². The number of aromatic nitrogens is 3. The Hall–Kier alpha value is -4.05. The summed E-state index contributed by atoms with van der Waals surface area (Å²) in [6.45, 7) is 0. The van der Waals surface area contributed by atoms with E-state index in [0.717, 1.165) is 5.56 Å². The number of nitrogens with zero attached hydrogens (tertiary/aromatic N) is 3. The number of H-pyrrole nitrogens is 1. The number of benzene rings is 2. The van der Waals surface area contributed by atoms with Gasteiger partial charge in [0.05, 0.1) is 5.56 Å². The number of fused-ring (bicyclic) bond motifs is 1. The highest BCUT2D eigenvalue weighted by Crippen LogP contribution is 2.29. The van der Waals surface area contributed by atoms with Crippen LogP contribution in [-0.4, -0.2) is 20.6 Å². The fourth-order valence-corrected chi connectivity index (χ4v) is 2.62. The first kappa shape index (κ1) is 15.5. The van der Waals surface area contributed by atoms with Crippen molar-refractivity contribution in [3.63, 3.8) is 0 Å². The van der Waals surface area contributed by atoms with E-state index in [1.807, 2.05) is 36.4 Å². The zero-order valence-corrected chi connectivity index (χ0v) is 13.5. The first-order chi connectivity index (χ1) is 12.8. The van der Waals surface area contributed by atoms with Crippen LogP contribution in [0.25, 0.3) is 16.9 Å². The monoisotopic (exact) mass is 343 g/mol. The molecule has 0 saturated carbocycles. The van der Waals surface area contributed by atoms with Gasteiger partial charge in [-0.05, 0) is 12.1 Å². The van der Waals surface area contributed by atoms with Crippen molar-refractivity contribution in [2.45, 2.75) is 0 Å². The Morgan fingerprint density at radius 3 is 2.50 bits per heavy atom. The lowest BCUT2D eigenvalue weighted by Crippen LogP contribution is -2.12. The lowest BCUT2D eigenvalue weighted by Gasteiger charge is -2.08. The lowest BCUT2D eigenvalue weighted by molar-refractivity contribution is 0.0594. The second kappa shape index (κ2) is 6.45. The van der Waals surface area contributed by atoms with Crippen molar-refractivity contribution in [2.24, 2.45) is 0 Å². The first-order valence-corrected chi connectivity index (χ1v) is 7.85. The van der Waals surface area contributed by atoms with E-state index in [-0.39, 0.29) is 0 Å². The summed E-state index contributed by atoms with van der Waals surface area (Å²) in [5.41, 5.74) is 5.34. The van der Waals surface area contributed by atoms with Crippen LogP contribution in [0.2, 0.25) is 0 Å². The highest BCUT2D eigenvalue weighted by Gasteiger charge is 2.19. The standard InChI is InChI=1S/C19H13N5O2/c20-11-15-12-21-24-17(15)22-16(13-7-3-1-4-8-13)18(24)23-26-19(25)14-9-5-2-6-10-14/h1-10,12,21,23H. The van der Waals surface area contributed by atoms with Crippen molar-refractivity contribution in [3.05, 3.63) is 78.0 Å². The van der Waals surface area contributed by atoms with Gasteiger partial charge in [-0.25, -0.2) is 14.3 Å². The Balaban J connectivity index is 1.72. The van der Waals surface area contributed by atoms with Crippen LogP contribution in [0.15, 0.2) is 66.9 Å². The normalized spacial score (nSPS) is 10.4. The summed E-state index contributed by atoms with van der Waals surface area (Å²) >= 11 is 0. The van der Waals surface area contributed by atoms with Crippen molar-refractivity contribution in [1.82, 2.24) is 14.6 Å². The van der Waals surface area contributed by atoms with E-state index in [1.54, 1.807) is 35.0 Å². The largest absolute Gasteiger partial charge is 0.362 e. The van der Waals surface area contributed by atoms with Crippen LogP contribution >= 0.6 is 0 Å². The quantitative estimate of drug-likeness (QED) is 0.554. The number of nitrogens with one attached hydrogen (secondary N) is 2. The van der Waals surface area contributed by atoms with E-state index in [1.165, 1.54) is 0 Å². The molecule has 0 fully saturated rings. The van der Waals surface area contributed by atoms with Gasteiger partial charge >= 0.3 is 5.97 Å². The molecule has 0 saturated heterocycles. The summed E-state index contributed by atoms with van der Waals surface area (Å²) in [5.74, 6) is -0.0939. The number of aromatic amines is 1. The van der Waals surface area contributed by atoms with E-state index >= 15 is 0 Å². The van der Waals surface area contributed by atoms with Gasteiger partial charge in [0.2, 0.25) is 0 Å². The van der Waals surface area contributed by atoms with E-state index in [2.05, 4.69) is 21.6 Å². The maximum atomic E-state index is 12.2. The second-order valence-corrected chi connectivity index (χ2v) is 5.49. The van der Waals surface area contributed by atoms with Gasteiger partial charge in [0, 0.05) is 11.8 Å². The molecule has 0 aliphatic heterocycles. The van der Waals surface area contributed by atoms with Crippen molar-refractivity contribution >= 4 is 17.4 Å². The summed E-state index contributed by atoms with van der Waals surface area (Å²) in [7, 11) is 0.